The average molecular weight is 716 g/mol. The number of rotatable bonds is 11. The summed E-state index contributed by atoms with van der Waals surface area (Å²) in [5, 5.41) is 34.7. The van der Waals surface area contributed by atoms with E-state index < -0.39 is 35.7 Å². The lowest BCUT2D eigenvalue weighted by atomic mass is 9.91. The lowest BCUT2D eigenvalue weighted by Crippen LogP contribution is -2.62. The summed E-state index contributed by atoms with van der Waals surface area (Å²) in [4.78, 5) is 36.6. The van der Waals surface area contributed by atoms with Crippen LogP contribution in [0.5, 0.6) is 0 Å². The Morgan fingerprint density at radius 2 is 1.80 bits per heavy atom. The highest BCUT2D eigenvalue weighted by Crippen LogP contribution is 2.32. The molecular formula is C39H50ClN7O4. The van der Waals surface area contributed by atoms with Gasteiger partial charge in [-0.15, -0.1) is 0 Å². The van der Waals surface area contributed by atoms with Crippen molar-refractivity contribution in [3.05, 3.63) is 93.8 Å². The molecule has 4 N–H and O–H groups in total. The first-order chi connectivity index (χ1) is 24.3. The minimum atomic E-state index is -0.878. The molecule has 2 aliphatic rings. The maximum absolute atomic E-state index is 13.9. The first kappa shape index (κ1) is 36.9. The van der Waals surface area contributed by atoms with Gasteiger partial charge in [0.15, 0.2) is 5.65 Å². The Morgan fingerprint density at radius 3 is 2.55 bits per heavy atom. The van der Waals surface area contributed by atoms with Gasteiger partial charge in [-0.3, -0.25) is 24.1 Å². The van der Waals surface area contributed by atoms with E-state index in [1.165, 1.54) is 0 Å². The summed E-state index contributed by atoms with van der Waals surface area (Å²) in [5.41, 5.74) is 4.91. The molecule has 51 heavy (non-hydrogen) atoms. The van der Waals surface area contributed by atoms with E-state index in [0.29, 0.717) is 44.0 Å². The summed E-state index contributed by atoms with van der Waals surface area (Å²) in [6.07, 6.45) is 1.31. The molecule has 0 saturated carbocycles. The number of pyridine rings is 1. The van der Waals surface area contributed by atoms with Crippen LogP contribution in [0.15, 0.2) is 60.8 Å². The number of halogens is 1. The lowest BCUT2D eigenvalue weighted by molar-refractivity contribution is -0.132. The summed E-state index contributed by atoms with van der Waals surface area (Å²) in [6.45, 7) is 10.1. The molecule has 0 unspecified atom stereocenters. The number of piperazine rings is 1. The topological polar surface area (TPSA) is 136 Å². The molecule has 11 nitrogen and oxygen atoms in total. The van der Waals surface area contributed by atoms with Gasteiger partial charge in [0.2, 0.25) is 11.8 Å². The zero-order chi connectivity index (χ0) is 36.4. The number of aliphatic hydroxyl groups is 2. The van der Waals surface area contributed by atoms with Crippen molar-refractivity contribution in [1.29, 1.82) is 0 Å². The summed E-state index contributed by atoms with van der Waals surface area (Å²) in [6, 6.07) is 16.5. The Hall–Kier alpha value is -3.87. The second-order valence-corrected chi connectivity index (χ2v) is 15.6. The van der Waals surface area contributed by atoms with E-state index in [1.807, 2.05) is 94.2 Å². The Labute approximate surface area is 305 Å². The molecule has 272 valence electrons. The highest BCUT2D eigenvalue weighted by molar-refractivity contribution is 6.36. The molecule has 2 aromatic carbocycles. The lowest BCUT2D eigenvalue weighted by Gasteiger charge is -2.42. The van der Waals surface area contributed by atoms with E-state index in [4.69, 9.17) is 11.6 Å². The van der Waals surface area contributed by atoms with Crippen LogP contribution < -0.4 is 10.6 Å². The van der Waals surface area contributed by atoms with Gasteiger partial charge in [0.05, 0.1) is 34.4 Å². The normalized spacial score (nSPS) is 21.0. The molecule has 0 bridgehead atoms. The number of nitrogens with zero attached hydrogens (tertiary/aromatic N) is 5. The van der Waals surface area contributed by atoms with Gasteiger partial charge >= 0.3 is 0 Å². The van der Waals surface area contributed by atoms with Crippen LogP contribution in [0.25, 0.3) is 11.0 Å². The monoisotopic (exact) mass is 715 g/mol. The number of aromatic nitrogens is 3. The largest absolute Gasteiger partial charge is 0.392 e. The molecule has 1 aliphatic heterocycles. The van der Waals surface area contributed by atoms with E-state index >= 15 is 0 Å². The summed E-state index contributed by atoms with van der Waals surface area (Å²) >= 11 is 6.89. The fourth-order valence-electron chi connectivity index (χ4n) is 7.57. The molecule has 3 heterocycles. The average Bonchev–Trinajstić information content (AvgIpc) is 3.55. The molecule has 0 spiro atoms. The zero-order valence-corrected chi connectivity index (χ0v) is 30.9. The van der Waals surface area contributed by atoms with Gasteiger partial charge < -0.3 is 20.8 Å². The molecular weight excluding hydrogens is 666 g/mol. The van der Waals surface area contributed by atoms with Crippen LogP contribution >= 0.6 is 11.6 Å². The van der Waals surface area contributed by atoms with Crippen LogP contribution in [0.2, 0.25) is 5.02 Å². The van der Waals surface area contributed by atoms with Crippen LogP contribution in [0.4, 0.5) is 0 Å². The standard InChI is InChI=1S/C39H50ClN7O4/c1-24-33-34(40)28(20-41-36(33)45(5)44-24)21-46-15-16-47(31(23-46)38(51)43-39(2,3)4)22-29(48)18-27(17-25-11-7-6-8-12-25)37(50)42-35-30-14-10-9-13-26(30)19-32(35)49/h6-14,20,27,29,31-32,35,48-49H,15-19,21-23H2,1-5H3,(H,42,50)(H,43,51)/t27-,29+,31+,32-,35+/m1/s1. The second kappa shape index (κ2) is 15.4. The van der Waals surface area contributed by atoms with E-state index in [9.17, 15) is 19.8 Å². The number of amides is 2. The smallest absolute Gasteiger partial charge is 0.239 e. The van der Waals surface area contributed by atoms with E-state index in [2.05, 4.69) is 25.6 Å². The number of fused-ring (bicyclic) bond motifs is 2. The van der Waals surface area contributed by atoms with Crippen molar-refractivity contribution in [1.82, 2.24) is 35.2 Å². The number of nitrogens with one attached hydrogen (secondary N) is 2. The maximum atomic E-state index is 13.9. The van der Waals surface area contributed by atoms with Gasteiger partial charge in [-0.1, -0.05) is 66.2 Å². The van der Waals surface area contributed by atoms with Crippen molar-refractivity contribution in [2.75, 3.05) is 26.2 Å². The van der Waals surface area contributed by atoms with E-state index in [0.717, 1.165) is 39.0 Å². The van der Waals surface area contributed by atoms with Gasteiger partial charge in [0, 0.05) is 69.4 Å². The van der Waals surface area contributed by atoms with Crippen molar-refractivity contribution < 1.29 is 19.8 Å². The SMILES string of the molecule is Cc1nn(C)c2ncc(CN3CCN(C[C@@H](O)C[C@@H](Cc4ccccc4)C(=O)N[C@H]4c5ccccc5C[C@H]4O)[C@H](C(=O)NC(C)(C)C)C3)c(Cl)c12. The van der Waals surface area contributed by atoms with Crippen molar-refractivity contribution in [2.24, 2.45) is 13.0 Å². The van der Waals surface area contributed by atoms with Gasteiger partial charge in [0.1, 0.15) is 6.04 Å². The Kier molecular flexibility index (Phi) is 11.1. The van der Waals surface area contributed by atoms with Crippen molar-refractivity contribution in [3.63, 3.8) is 0 Å². The number of aryl methyl sites for hydroxylation is 2. The van der Waals surface area contributed by atoms with Crippen LogP contribution in [-0.4, -0.2) is 96.6 Å². The number of hydrogen-bond acceptors (Lipinski definition) is 8. The highest BCUT2D eigenvalue weighted by Gasteiger charge is 2.37. The molecule has 6 rings (SSSR count). The van der Waals surface area contributed by atoms with Crippen LogP contribution in [0.3, 0.4) is 0 Å². The van der Waals surface area contributed by atoms with E-state index in [-0.39, 0.29) is 24.8 Å². The molecule has 1 saturated heterocycles. The third-order valence-corrected chi connectivity index (χ3v) is 10.4. The molecule has 1 aliphatic carbocycles. The Bertz CT molecular complexity index is 1860. The fourth-order valence-corrected chi connectivity index (χ4v) is 7.90. The first-order valence-electron chi connectivity index (χ1n) is 17.8. The third-order valence-electron chi connectivity index (χ3n) is 10.0. The van der Waals surface area contributed by atoms with Crippen molar-refractivity contribution in [3.8, 4) is 0 Å². The zero-order valence-electron chi connectivity index (χ0n) is 30.1. The minimum absolute atomic E-state index is 0.116. The Morgan fingerprint density at radius 1 is 1.08 bits per heavy atom. The number of carbonyl (C=O) groups excluding carboxylic acids is 2. The summed E-state index contributed by atoms with van der Waals surface area (Å²) in [7, 11) is 1.85. The molecule has 2 aromatic heterocycles. The van der Waals surface area contributed by atoms with Crippen molar-refractivity contribution in [2.45, 2.75) is 83.3 Å². The predicted molar refractivity (Wildman–Crippen MR) is 198 cm³/mol. The van der Waals surface area contributed by atoms with Gasteiger partial charge in [0.25, 0.3) is 0 Å². The van der Waals surface area contributed by atoms with E-state index in [1.54, 1.807) is 10.9 Å². The quantitative estimate of drug-likeness (QED) is 0.185. The number of aliphatic hydroxyl groups excluding tert-OH is 2. The Balaban J connectivity index is 1.17. The van der Waals surface area contributed by atoms with Crippen molar-refractivity contribution >= 4 is 34.4 Å². The predicted octanol–water partition coefficient (Wildman–Crippen LogP) is 3.72. The number of β-amino-alcohol motifs (C(OH)–C–C–N with tert-alkyl or cyclic N) is 1. The van der Waals surface area contributed by atoms with Crippen LogP contribution in [0, 0.1) is 12.8 Å². The molecule has 2 amide bonds. The van der Waals surface area contributed by atoms with Crippen LogP contribution in [-0.2, 0) is 36.0 Å². The first-order valence-corrected chi connectivity index (χ1v) is 18.2. The van der Waals surface area contributed by atoms with Crippen LogP contribution in [0.1, 0.15) is 61.2 Å². The number of carbonyl (C=O) groups is 2. The summed E-state index contributed by atoms with van der Waals surface area (Å²) in [5.74, 6) is -0.877. The third kappa shape index (κ3) is 8.61. The molecule has 4 aromatic rings. The molecule has 5 atom stereocenters. The minimum Gasteiger partial charge on any atom is -0.392 e. The second-order valence-electron chi connectivity index (χ2n) is 15.2. The highest BCUT2D eigenvalue weighted by atomic mass is 35.5. The van der Waals surface area contributed by atoms with Gasteiger partial charge in [-0.25, -0.2) is 4.98 Å². The molecule has 0 radical (unpaired) electrons. The number of hydrogen-bond donors (Lipinski definition) is 4. The molecule has 1 fully saturated rings. The number of benzene rings is 2. The van der Waals surface area contributed by atoms with Gasteiger partial charge in [-0.2, -0.15) is 5.10 Å². The maximum Gasteiger partial charge on any atom is 0.239 e. The fraction of sp³-hybridized carbons (Fsp3) is 0.487. The molecule has 12 heteroatoms. The van der Waals surface area contributed by atoms with Gasteiger partial charge in [-0.05, 0) is 57.2 Å². The summed E-state index contributed by atoms with van der Waals surface area (Å²) < 4.78 is 1.72.